The number of rotatable bonds is 8. The zero-order valence-corrected chi connectivity index (χ0v) is 16.4. The van der Waals surface area contributed by atoms with Gasteiger partial charge in [0, 0.05) is 12.5 Å². The normalized spacial score (nSPS) is 21.7. The van der Waals surface area contributed by atoms with Crippen LogP contribution in [0.25, 0.3) is 6.08 Å². The lowest BCUT2D eigenvalue weighted by molar-refractivity contribution is -0.121. The molecule has 2 amide bonds. The van der Waals surface area contributed by atoms with Crippen LogP contribution in [-0.2, 0) is 9.53 Å². The maximum atomic E-state index is 12.7. The monoisotopic (exact) mass is 370 g/mol. The summed E-state index contributed by atoms with van der Waals surface area (Å²) in [6.45, 7) is 9.37. The summed E-state index contributed by atoms with van der Waals surface area (Å²) in [6, 6.07) is 6.72. The largest absolute Gasteiger partial charge is 0.369 e. The Bertz CT molecular complexity index is 677. The van der Waals surface area contributed by atoms with Crippen molar-refractivity contribution in [1.82, 2.24) is 10.6 Å². The number of benzene rings is 1. The molecule has 146 valence electrons. The van der Waals surface area contributed by atoms with Gasteiger partial charge in [0.1, 0.15) is 0 Å². The van der Waals surface area contributed by atoms with Crippen LogP contribution in [0.15, 0.2) is 43.0 Å². The van der Waals surface area contributed by atoms with E-state index in [1.54, 1.807) is 18.2 Å². The lowest BCUT2D eigenvalue weighted by Gasteiger charge is -2.37. The second-order valence-electron chi connectivity index (χ2n) is 6.84. The van der Waals surface area contributed by atoms with Crippen molar-refractivity contribution in [2.24, 2.45) is 0 Å². The molecule has 5 nitrogen and oxygen atoms in total. The standard InChI is InChI=1S/C22H30N2O3/c1-5-16-11-13-17(14-12-16)22(26)24-19-9-8-10-20(21(19)23-15(4)25)27-18(6-2)7-3/h5,8,10-14,18-21H,1,6-7,9H2,2-4H3,(H,23,25)(H,24,26)/t19-,20+,21+/m0/s1. The molecule has 0 radical (unpaired) electrons. The first kappa shape index (κ1) is 20.9. The molecule has 1 aliphatic carbocycles. The molecule has 0 spiro atoms. The summed E-state index contributed by atoms with van der Waals surface area (Å²) in [4.78, 5) is 24.4. The van der Waals surface area contributed by atoms with Gasteiger partial charge < -0.3 is 15.4 Å². The van der Waals surface area contributed by atoms with Crippen molar-refractivity contribution >= 4 is 17.9 Å². The van der Waals surface area contributed by atoms with Gasteiger partial charge >= 0.3 is 0 Å². The van der Waals surface area contributed by atoms with Crippen LogP contribution in [0.3, 0.4) is 0 Å². The Morgan fingerprint density at radius 1 is 1.22 bits per heavy atom. The van der Waals surface area contributed by atoms with Crippen LogP contribution in [0.1, 0.15) is 56.0 Å². The summed E-state index contributed by atoms with van der Waals surface area (Å²) < 4.78 is 6.19. The third-order valence-electron chi connectivity index (χ3n) is 4.86. The van der Waals surface area contributed by atoms with Crippen molar-refractivity contribution in [2.45, 2.75) is 64.3 Å². The summed E-state index contributed by atoms with van der Waals surface area (Å²) in [5.74, 6) is -0.300. The first-order valence-electron chi connectivity index (χ1n) is 9.61. The first-order chi connectivity index (χ1) is 13.0. The Morgan fingerprint density at radius 2 is 1.89 bits per heavy atom. The Balaban J connectivity index is 2.14. The van der Waals surface area contributed by atoms with E-state index in [1.807, 2.05) is 24.3 Å². The second kappa shape index (κ2) is 10.1. The van der Waals surface area contributed by atoms with Crippen LogP contribution in [0, 0.1) is 0 Å². The summed E-state index contributed by atoms with van der Waals surface area (Å²) in [7, 11) is 0. The zero-order chi connectivity index (χ0) is 19.8. The minimum absolute atomic E-state index is 0.122. The van der Waals surface area contributed by atoms with E-state index in [4.69, 9.17) is 4.74 Å². The van der Waals surface area contributed by atoms with Gasteiger partial charge in [-0.05, 0) is 37.0 Å². The molecule has 0 aromatic heterocycles. The molecule has 2 N–H and O–H groups in total. The van der Waals surface area contributed by atoms with E-state index in [9.17, 15) is 9.59 Å². The van der Waals surface area contributed by atoms with Gasteiger partial charge in [0.2, 0.25) is 5.91 Å². The average Bonchev–Trinajstić information content (AvgIpc) is 2.67. The molecule has 3 atom stereocenters. The number of carbonyl (C=O) groups excluding carboxylic acids is 2. The Kier molecular flexibility index (Phi) is 7.80. The molecule has 1 aromatic rings. The average molecular weight is 370 g/mol. The Labute approximate surface area is 161 Å². The predicted octanol–water partition coefficient (Wildman–Crippen LogP) is 3.47. The molecule has 2 rings (SSSR count). The van der Waals surface area contributed by atoms with Crippen molar-refractivity contribution in [3.05, 3.63) is 54.1 Å². The van der Waals surface area contributed by atoms with Gasteiger partial charge in [0.05, 0.1) is 24.3 Å². The third-order valence-corrected chi connectivity index (χ3v) is 4.86. The van der Waals surface area contributed by atoms with Gasteiger partial charge in [-0.15, -0.1) is 0 Å². The van der Waals surface area contributed by atoms with E-state index in [1.165, 1.54) is 6.92 Å². The highest BCUT2D eigenvalue weighted by molar-refractivity contribution is 5.94. The summed E-state index contributed by atoms with van der Waals surface area (Å²) >= 11 is 0. The lowest BCUT2D eigenvalue weighted by Crippen LogP contribution is -2.58. The highest BCUT2D eigenvalue weighted by Gasteiger charge is 2.34. The highest BCUT2D eigenvalue weighted by atomic mass is 16.5. The van der Waals surface area contributed by atoms with Crippen LogP contribution in [0.2, 0.25) is 0 Å². The number of hydrogen-bond donors (Lipinski definition) is 2. The lowest BCUT2D eigenvalue weighted by atomic mass is 9.92. The smallest absolute Gasteiger partial charge is 0.251 e. The van der Waals surface area contributed by atoms with E-state index in [-0.39, 0.29) is 36.1 Å². The minimum atomic E-state index is -0.301. The fourth-order valence-corrected chi connectivity index (χ4v) is 3.28. The van der Waals surface area contributed by atoms with Crippen LogP contribution >= 0.6 is 0 Å². The number of ether oxygens (including phenoxy) is 1. The summed E-state index contributed by atoms with van der Waals surface area (Å²) in [6.07, 6.45) is 8.04. The van der Waals surface area contributed by atoms with Crippen LogP contribution in [0.4, 0.5) is 0 Å². The predicted molar refractivity (Wildman–Crippen MR) is 108 cm³/mol. The summed E-state index contributed by atoms with van der Waals surface area (Å²) in [5.41, 5.74) is 1.54. The number of hydrogen-bond acceptors (Lipinski definition) is 3. The fourth-order valence-electron chi connectivity index (χ4n) is 3.28. The van der Waals surface area contributed by atoms with Crippen molar-refractivity contribution in [3.63, 3.8) is 0 Å². The fraction of sp³-hybridized carbons (Fsp3) is 0.455. The van der Waals surface area contributed by atoms with E-state index in [0.29, 0.717) is 12.0 Å². The van der Waals surface area contributed by atoms with Crippen molar-refractivity contribution in [1.29, 1.82) is 0 Å². The van der Waals surface area contributed by atoms with Gasteiger partial charge in [-0.25, -0.2) is 0 Å². The van der Waals surface area contributed by atoms with Crippen LogP contribution < -0.4 is 10.6 Å². The van der Waals surface area contributed by atoms with Gasteiger partial charge in [-0.2, -0.15) is 0 Å². The second-order valence-corrected chi connectivity index (χ2v) is 6.84. The Morgan fingerprint density at radius 3 is 2.44 bits per heavy atom. The quantitative estimate of drug-likeness (QED) is 0.689. The molecule has 0 unspecified atom stereocenters. The molecule has 5 heteroatoms. The number of nitrogens with one attached hydrogen (secondary N) is 2. The molecular weight excluding hydrogens is 340 g/mol. The molecule has 1 aromatic carbocycles. The molecule has 0 saturated heterocycles. The maximum absolute atomic E-state index is 12.7. The highest BCUT2D eigenvalue weighted by Crippen LogP contribution is 2.20. The molecule has 0 bridgehead atoms. The van der Waals surface area contributed by atoms with Crippen molar-refractivity contribution < 1.29 is 14.3 Å². The molecule has 0 aliphatic heterocycles. The van der Waals surface area contributed by atoms with E-state index < -0.39 is 0 Å². The molecule has 0 fully saturated rings. The molecule has 27 heavy (non-hydrogen) atoms. The van der Waals surface area contributed by atoms with Crippen molar-refractivity contribution in [3.8, 4) is 0 Å². The van der Waals surface area contributed by atoms with E-state index >= 15 is 0 Å². The van der Waals surface area contributed by atoms with Crippen LogP contribution in [0.5, 0.6) is 0 Å². The maximum Gasteiger partial charge on any atom is 0.251 e. The van der Waals surface area contributed by atoms with Crippen LogP contribution in [-0.4, -0.2) is 36.1 Å². The molecule has 0 saturated carbocycles. The SMILES string of the molecule is C=Cc1ccc(C(=O)N[C@H]2CC=C[C@@H](OC(CC)CC)[C@@H]2NC(C)=O)cc1. The number of carbonyl (C=O) groups is 2. The van der Waals surface area contributed by atoms with Gasteiger partial charge in [-0.3, -0.25) is 9.59 Å². The van der Waals surface area contributed by atoms with E-state index in [2.05, 4.69) is 31.1 Å². The molecular formula is C22H30N2O3. The first-order valence-corrected chi connectivity index (χ1v) is 9.61. The number of amides is 2. The molecule has 1 aliphatic rings. The minimum Gasteiger partial charge on any atom is -0.369 e. The van der Waals surface area contributed by atoms with Crippen molar-refractivity contribution in [2.75, 3.05) is 0 Å². The molecule has 0 heterocycles. The van der Waals surface area contributed by atoms with Gasteiger partial charge in [0.15, 0.2) is 0 Å². The summed E-state index contributed by atoms with van der Waals surface area (Å²) in [5, 5.41) is 6.02. The Hall–Kier alpha value is -2.40. The van der Waals surface area contributed by atoms with Gasteiger partial charge in [-0.1, -0.05) is 50.8 Å². The topological polar surface area (TPSA) is 67.4 Å². The third kappa shape index (κ3) is 5.79. The zero-order valence-electron chi connectivity index (χ0n) is 16.4. The van der Waals surface area contributed by atoms with E-state index in [0.717, 1.165) is 18.4 Å². The van der Waals surface area contributed by atoms with Gasteiger partial charge in [0.25, 0.3) is 5.91 Å².